The Kier molecular flexibility index (Phi) is 9.38. The first-order valence-corrected chi connectivity index (χ1v) is 9.00. The summed E-state index contributed by atoms with van der Waals surface area (Å²) in [5, 5.41) is 16.2. The number of hydrogen-bond acceptors (Lipinski definition) is 6. The van der Waals surface area contributed by atoms with Crippen LogP contribution in [0.3, 0.4) is 0 Å². The van der Waals surface area contributed by atoms with E-state index in [9.17, 15) is 9.90 Å². The lowest BCUT2D eigenvalue weighted by atomic mass is 10.2. The first kappa shape index (κ1) is 20.4. The number of hydrogen-bond donors (Lipinski definition) is 3. The second kappa shape index (κ2) is 11.0. The van der Waals surface area contributed by atoms with Crippen LogP contribution in [0.4, 0.5) is 0 Å². The van der Waals surface area contributed by atoms with Gasteiger partial charge in [0.25, 0.3) is 11.1 Å². The molecule has 6 nitrogen and oxygen atoms in total. The van der Waals surface area contributed by atoms with Crippen molar-refractivity contribution in [2.24, 2.45) is 0 Å². The van der Waals surface area contributed by atoms with Gasteiger partial charge < -0.3 is 20.5 Å². The smallest absolute Gasteiger partial charge is 0.273 e. The van der Waals surface area contributed by atoms with Crippen molar-refractivity contribution >= 4 is 17.2 Å². The van der Waals surface area contributed by atoms with Crippen molar-refractivity contribution in [2.45, 2.75) is 58.7 Å². The second-order valence-electron chi connectivity index (χ2n) is 5.80. The fourth-order valence-corrected chi connectivity index (χ4v) is 2.40. The number of carbonyl (C=O) groups is 1. The molecule has 1 heterocycles. The summed E-state index contributed by atoms with van der Waals surface area (Å²) < 4.78 is 5.43. The molecule has 0 saturated heterocycles. The Morgan fingerprint density at radius 3 is 2.83 bits per heavy atom. The van der Waals surface area contributed by atoms with E-state index in [4.69, 9.17) is 4.74 Å². The Hall–Kier alpha value is -1.62. The van der Waals surface area contributed by atoms with Gasteiger partial charge in [-0.1, -0.05) is 32.1 Å². The standard InChI is InChI=1S/C17H27N3O3S/c1-5-6-7-8-13(4)20-16(22)15-10-19-17(24-15)23-11-14(21)9-18-12(2)3/h10,12-14,18,21H,5,8-9,11H2,1-4H3,(H,20,22). The molecule has 134 valence electrons. The van der Waals surface area contributed by atoms with Crippen molar-refractivity contribution < 1.29 is 14.6 Å². The number of aliphatic hydroxyl groups excluding tert-OH is 1. The molecule has 1 amide bonds. The molecule has 0 aliphatic heterocycles. The van der Waals surface area contributed by atoms with Gasteiger partial charge in [-0.05, 0) is 6.92 Å². The average molecular weight is 353 g/mol. The highest BCUT2D eigenvalue weighted by atomic mass is 32.1. The van der Waals surface area contributed by atoms with Crippen LogP contribution in [0, 0.1) is 11.8 Å². The zero-order valence-electron chi connectivity index (χ0n) is 14.8. The van der Waals surface area contributed by atoms with Gasteiger partial charge in [-0.3, -0.25) is 4.79 Å². The van der Waals surface area contributed by atoms with Gasteiger partial charge in [-0.25, -0.2) is 4.98 Å². The summed E-state index contributed by atoms with van der Waals surface area (Å²) in [6.07, 6.45) is 2.30. The number of thiazole rings is 1. The molecule has 2 unspecified atom stereocenters. The van der Waals surface area contributed by atoms with Crippen LogP contribution in [-0.4, -0.2) is 47.3 Å². The monoisotopic (exact) mass is 353 g/mol. The third-order valence-corrected chi connectivity index (χ3v) is 3.87. The maximum atomic E-state index is 12.1. The Morgan fingerprint density at radius 2 is 2.17 bits per heavy atom. The fraction of sp³-hybridized carbons (Fsp3) is 0.647. The number of rotatable bonds is 9. The summed E-state index contributed by atoms with van der Waals surface area (Å²) in [6, 6.07) is 0.283. The quantitative estimate of drug-likeness (QED) is 0.590. The highest BCUT2D eigenvalue weighted by Crippen LogP contribution is 2.20. The van der Waals surface area contributed by atoms with E-state index in [1.807, 2.05) is 27.7 Å². The van der Waals surface area contributed by atoms with Gasteiger partial charge in [0.2, 0.25) is 0 Å². The zero-order valence-corrected chi connectivity index (χ0v) is 15.6. The molecule has 2 atom stereocenters. The number of aliphatic hydroxyl groups is 1. The molecular formula is C17H27N3O3S. The van der Waals surface area contributed by atoms with Gasteiger partial charge in [0.15, 0.2) is 0 Å². The van der Waals surface area contributed by atoms with E-state index in [2.05, 4.69) is 27.5 Å². The van der Waals surface area contributed by atoms with Crippen LogP contribution in [-0.2, 0) is 0 Å². The molecule has 0 bridgehead atoms. The van der Waals surface area contributed by atoms with E-state index in [-0.39, 0.29) is 18.6 Å². The first-order valence-electron chi connectivity index (χ1n) is 8.19. The SMILES string of the molecule is CCC#CCC(C)NC(=O)c1cnc(OCC(O)CNC(C)C)s1. The molecule has 0 fully saturated rings. The first-order chi connectivity index (χ1) is 11.4. The minimum Gasteiger partial charge on any atom is -0.467 e. The second-order valence-corrected chi connectivity index (χ2v) is 6.80. The van der Waals surface area contributed by atoms with Crippen LogP contribution >= 0.6 is 11.3 Å². The largest absolute Gasteiger partial charge is 0.467 e. The molecule has 1 aromatic heterocycles. The molecule has 0 aliphatic rings. The Labute approximate surface area is 148 Å². The lowest BCUT2D eigenvalue weighted by Gasteiger charge is -2.13. The highest BCUT2D eigenvalue weighted by Gasteiger charge is 2.14. The summed E-state index contributed by atoms with van der Waals surface area (Å²) in [4.78, 5) is 16.7. The predicted molar refractivity (Wildman–Crippen MR) is 96.4 cm³/mol. The lowest BCUT2D eigenvalue weighted by Crippen LogP contribution is -2.35. The Bertz CT molecular complexity index is 563. The molecule has 24 heavy (non-hydrogen) atoms. The number of aromatic nitrogens is 1. The van der Waals surface area contributed by atoms with E-state index >= 15 is 0 Å². The predicted octanol–water partition coefficient (Wildman–Crippen LogP) is 1.80. The van der Waals surface area contributed by atoms with Crippen LogP contribution in [0.2, 0.25) is 0 Å². The van der Waals surface area contributed by atoms with Gasteiger partial charge in [0, 0.05) is 31.5 Å². The number of amides is 1. The fourth-order valence-electron chi connectivity index (χ4n) is 1.72. The Balaban J connectivity index is 2.40. The molecule has 0 aromatic carbocycles. The molecule has 1 aromatic rings. The number of ether oxygens (including phenoxy) is 1. The molecule has 0 aliphatic carbocycles. The van der Waals surface area contributed by atoms with Gasteiger partial charge in [0.1, 0.15) is 17.6 Å². The molecular weight excluding hydrogens is 326 g/mol. The summed E-state index contributed by atoms with van der Waals surface area (Å²) in [5.74, 6) is 5.81. The average Bonchev–Trinajstić information content (AvgIpc) is 3.00. The van der Waals surface area contributed by atoms with Crippen molar-refractivity contribution in [1.29, 1.82) is 0 Å². The van der Waals surface area contributed by atoms with Crippen LogP contribution in [0.5, 0.6) is 5.19 Å². The molecule has 3 N–H and O–H groups in total. The molecule has 0 saturated carbocycles. The van der Waals surface area contributed by atoms with Crippen molar-refractivity contribution in [2.75, 3.05) is 13.2 Å². The number of nitrogens with one attached hydrogen (secondary N) is 2. The molecule has 7 heteroatoms. The number of nitrogens with zero attached hydrogens (tertiary/aromatic N) is 1. The third-order valence-electron chi connectivity index (χ3n) is 2.96. The minimum atomic E-state index is -0.620. The number of carbonyl (C=O) groups excluding carboxylic acids is 1. The van der Waals surface area contributed by atoms with Gasteiger partial charge in [-0.15, -0.1) is 11.8 Å². The van der Waals surface area contributed by atoms with Crippen molar-refractivity contribution in [3.05, 3.63) is 11.1 Å². The van der Waals surface area contributed by atoms with Gasteiger partial charge in [0.05, 0.1) is 6.20 Å². The minimum absolute atomic E-state index is 0.0213. The van der Waals surface area contributed by atoms with Gasteiger partial charge in [-0.2, -0.15) is 0 Å². The van der Waals surface area contributed by atoms with Crippen LogP contribution in [0.25, 0.3) is 0 Å². The maximum Gasteiger partial charge on any atom is 0.273 e. The molecule has 1 rings (SSSR count). The summed E-state index contributed by atoms with van der Waals surface area (Å²) in [5.41, 5.74) is 0. The van der Waals surface area contributed by atoms with E-state index in [1.165, 1.54) is 6.20 Å². The maximum absolute atomic E-state index is 12.1. The zero-order chi connectivity index (χ0) is 17.9. The third kappa shape index (κ3) is 8.29. The normalized spacial score (nSPS) is 13.1. The summed E-state index contributed by atoms with van der Waals surface area (Å²) in [6.45, 7) is 8.51. The highest BCUT2D eigenvalue weighted by molar-refractivity contribution is 7.15. The van der Waals surface area contributed by atoms with E-state index in [0.717, 1.165) is 17.8 Å². The van der Waals surface area contributed by atoms with E-state index in [1.54, 1.807) is 0 Å². The summed E-state index contributed by atoms with van der Waals surface area (Å²) >= 11 is 1.16. The molecule has 0 radical (unpaired) electrons. The van der Waals surface area contributed by atoms with E-state index < -0.39 is 6.10 Å². The topological polar surface area (TPSA) is 83.5 Å². The van der Waals surface area contributed by atoms with Gasteiger partial charge >= 0.3 is 0 Å². The van der Waals surface area contributed by atoms with Crippen molar-refractivity contribution in [3.63, 3.8) is 0 Å². The van der Waals surface area contributed by atoms with Crippen molar-refractivity contribution in [3.8, 4) is 17.0 Å². The van der Waals surface area contributed by atoms with Crippen LogP contribution in [0.1, 0.15) is 50.2 Å². The van der Waals surface area contributed by atoms with Crippen LogP contribution < -0.4 is 15.4 Å². The van der Waals surface area contributed by atoms with Crippen LogP contribution in [0.15, 0.2) is 6.20 Å². The molecule has 0 spiro atoms. The van der Waals surface area contributed by atoms with Crippen molar-refractivity contribution in [1.82, 2.24) is 15.6 Å². The summed E-state index contributed by atoms with van der Waals surface area (Å²) in [7, 11) is 0. The van der Waals surface area contributed by atoms with E-state index in [0.29, 0.717) is 29.1 Å². The Morgan fingerprint density at radius 1 is 1.42 bits per heavy atom. The lowest BCUT2D eigenvalue weighted by molar-refractivity contribution is 0.0944.